The molecule has 0 aromatic heterocycles. The molecule has 0 bridgehead atoms. The lowest BCUT2D eigenvalue weighted by atomic mass is 9.91. The summed E-state index contributed by atoms with van der Waals surface area (Å²) in [6.07, 6.45) is 4.62. The summed E-state index contributed by atoms with van der Waals surface area (Å²) in [5.41, 5.74) is 2.57. The van der Waals surface area contributed by atoms with E-state index in [0.29, 0.717) is 24.0 Å². The number of ether oxygens (including phenoxy) is 1. The number of ketones is 1. The Kier molecular flexibility index (Phi) is 8.30. The summed E-state index contributed by atoms with van der Waals surface area (Å²) in [5.74, 6) is 2.39. The highest BCUT2D eigenvalue weighted by molar-refractivity contribution is 5.78. The Morgan fingerprint density at radius 2 is 1.83 bits per heavy atom. The van der Waals surface area contributed by atoms with Gasteiger partial charge in [0.25, 0.3) is 0 Å². The van der Waals surface area contributed by atoms with Crippen LogP contribution in [0.3, 0.4) is 0 Å². The van der Waals surface area contributed by atoms with E-state index in [1.54, 1.807) is 0 Å². The Labute approximate surface area is 176 Å². The number of rotatable bonds is 10. The zero-order valence-corrected chi connectivity index (χ0v) is 18.0. The first kappa shape index (κ1) is 21.6. The Hall–Kier alpha value is -2.13. The highest BCUT2D eigenvalue weighted by Crippen LogP contribution is 2.23. The standard InChI is InChI=1S/C26H35NO2/c1-21(2)20-29-26-14-11-23(12-15-26)18-27-16-6-9-24(19-27)17-25(28)13-10-22-7-4-3-5-8-22/h3-5,7-8,11-12,14-15,21,24H,6,9-10,13,16-20H2,1-2H3. The van der Waals surface area contributed by atoms with Crippen molar-refractivity contribution < 1.29 is 9.53 Å². The molecule has 1 aliphatic rings. The maximum absolute atomic E-state index is 12.5. The molecule has 156 valence electrons. The van der Waals surface area contributed by atoms with Gasteiger partial charge in [0, 0.05) is 25.9 Å². The van der Waals surface area contributed by atoms with Gasteiger partial charge in [0.05, 0.1) is 6.61 Å². The molecule has 3 heteroatoms. The van der Waals surface area contributed by atoms with Crippen molar-refractivity contribution in [2.75, 3.05) is 19.7 Å². The Morgan fingerprint density at radius 3 is 2.55 bits per heavy atom. The lowest BCUT2D eigenvalue weighted by Crippen LogP contribution is -2.35. The summed E-state index contributed by atoms with van der Waals surface area (Å²) in [6, 6.07) is 18.8. The predicted molar refractivity (Wildman–Crippen MR) is 119 cm³/mol. The number of carbonyl (C=O) groups is 1. The van der Waals surface area contributed by atoms with Gasteiger partial charge in [-0.25, -0.2) is 0 Å². The van der Waals surface area contributed by atoms with Crippen LogP contribution in [0.4, 0.5) is 0 Å². The fraction of sp³-hybridized carbons (Fsp3) is 0.500. The number of hydrogen-bond acceptors (Lipinski definition) is 3. The largest absolute Gasteiger partial charge is 0.493 e. The molecule has 29 heavy (non-hydrogen) atoms. The minimum atomic E-state index is 0.410. The summed E-state index contributed by atoms with van der Waals surface area (Å²) in [4.78, 5) is 15.0. The highest BCUT2D eigenvalue weighted by Gasteiger charge is 2.22. The third kappa shape index (κ3) is 7.66. The van der Waals surface area contributed by atoms with Crippen LogP contribution in [0.5, 0.6) is 5.75 Å². The zero-order valence-electron chi connectivity index (χ0n) is 18.0. The van der Waals surface area contributed by atoms with E-state index in [1.807, 2.05) is 18.2 Å². The van der Waals surface area contributed by atoms with Crippen LogP contribution in [0, 0.1) is 11.8 Å². The number of carbonyl (C=O) groups excluding carboxylic acids is 1. The van der Waals surface area contributed by atoms with Gasteiger partial charge in [0.15, 0.2) is 0 Å². The molecule has 0 N–H and O–H groups in total. The second-order valence-corrected chi connectivity index (χ2v) is 8.82. The molecular weight excluding hydrogens is 358 g/mol. The molecule has 1 aliphatic heterocycles. The van der Waals surface area contributed by atoms with Crippen molar-refractivity contribution >= 4 is 5.78 Å². The molecule has 0 amide bonds. The summed E-state index contributed by atoms with van der Waals surface area (Å²) in [7, 11) is 0. The molecule has 2 aromatic rings. The first-order valence-corrected chi connectivity index (χ1v) is 11.1. The molecule has 1 unspecified atom stereocenters. The van der Waals surface area contributed by atoms with Crippen LogP contribution in [-0.2, 0) is 17.8 Å². The van der Waals surface area contributed by atoms with Crippen molar-refractivity contribution in [1.82, 2.24) is 4.90 Å². The minimum Gasteiger partial charge on any atom is -0.493 e. The van der Waals surface area contributed by atoms with E-state index in [4.69, 9.17) is 4.74 Å². The van der Waals surface area contributed by atoms with E-state index in [9.17, 15) is 4.79 Å². The van der Waals surface area contributed by atoms with E-state index >= 15 is 0 Å². The van der Waals surface area contributed by atoms with Gasteiger partial charge in [0.2, 0.25) is 0 Å². The summed E-state index contributed by atoms with van der Waals surface area (Å²) in [5, 5.41) is 0. The van der Waals surface area contributed by atoms with E-state index in [2.05, 4.69) is 55.1 Å². The average Bonchev–Trinajstić information content (AvgIpc) is 2.73. The van der Waals surface area contributed by atoms with E-state index in [-0.39, 0.29) is 0 Å². The van der Waals surface area contributed by atoms with Crippen LogP contribution in [0.25, 0.3) is 0 Å². The van der Waals surface area contributed by atoms with Gasteiger partial charge in [-0.2, -0.15) is 0 Å². The Balaban J connectivity index is 1.42. The number of benzene rings is 2. The zero-order chi connectivity index (χ0) is 20.5. The van der Waals surface area contributed by atoms with Gasteiger partial charge in [-0.15, -0.1) is 0 Å². The van der Waals surface area contributed by atoms with Crippen LogP contribution < -0.4 is 4.74 Å². The number of piperidine rings is 1. The third-order valence-electron chi connectivity index (χ3n) is 5.57. The van der Waals surface area contributed by atoms with Crippen LogP contribution in [0.1, 0.15) is 50.7 Å². The first-order valence-electron chi connectivity index (χ1n) is 11.1. The van der Waals surface area contributed by atoms with Crippen LogP contribution >= 0.6 is 0 Å². The molecule has 2 aromatic carbocycles. The SMILES string of the molecule is CC(C)COc1ccc(CN2CCCC(CC(=O)CCc3ccccc3)C2)cc1. The average molecular weight is 394 g/mol. The lowest BCUT2D eigenvalue weighted by Gasteiger charge is -2.32. The van der Waals surface area contributed by atoms with Crippen molar-refractivity contribution in [2.45, 2.75) is 52.5 Å². The predicted octanol–water partition coefficient (Wildman–Crippen LogP) is 5.53. The van der Waals surface area contributed by atoms with Crippen molar-refractivity contribution in [1.29, 1.82) is 0 Å². The van der Waals surface area contributed by atoms with Gasteiger partial charge in [-0.05, 0) is 60.9 Å². The lowest BCUT2D eigenvalue weighted by molar-refractivity contribution is -0.120. The normalized spacial score (nSPS) is 17.4. The van der Waals surface area contributed by atoms with Gasteiger partial charge in [-0.3, -0.25) is 9.69 Å². The van der Waals surface area contributed by atoms with Gasteiger partial charge in [0.1, 0.15) is 11.5 Å². The number of nitrogens with zero attached hydrogens (tertiary/aromatic N) is 1. The van der Waals surface area contributed by atoms with Gasteiger partial charge < -0.3 is 4.74 Å². The number of likely N-dealkylation sites (tertiary alicyclic amines) is 1. The molecule has 0 radical (unpaired) electrons. The molecule has 3 nitrogen and oxygen atoms in total. The maximum atomic E-state index is 12.5. The highest BCUT2D eigenvalue weighted by atomic mass is 16.5. The summed E-state index contributed by atoms with van der Waals surface area (Å²) in [6.45, 7) is 8.19. The molecule has 0 saturated carbocycles. The monoisotopic (exact) mass is 393 g/mol. The molecular formula is C26H35NO2. The minimum absolute atomic E-state index is 0.410. The van der Waals surface area contributed by atoms with E-state index < -0.39 is 0 Å². The smallest absolute Gasteiger partial charge is 0.133 e. The molecule has 0 spiro atoms. The molecule has 1 heterocycles. The van der Waals surface area contributed by atoms with Gasteiger partial charge >= 0.3 is 0 Å². The number of hydrogen-bond donors (Lipinski definition) is 0. The molecule has 1 fully saturated rings. The van der Waals surface area contributed by atoms with E-state index in [1.165, 1.54) is 24.0 Å². The maximum Gasteiger partial charge on any atom is 0.133 e. The fourth-order valence-electron chi connectivity index (χ4n) is 4.03. The molecule has 1 atom stereocenters. The van der Waals surface area contributed by atoms with Crippen LogP contribution in [0.15, 0.2) is 54.6 Å². The van der Waals surface area contributed by atoms with E-state index in [0.717, 1.165) is 44.8 Å². The quantitative estimate of drug-likeness (QED) is 0.532. The van der Waals surface area contributed by atoms with Gasteiger partial charge in [-0.1, -0.05) is 56.3 Å². The molecule has 3 rings (SSSR count). The van der Waals surface area contributed by atoms with Crippen molar-refractivity contribution in [3.8, 4) is 5.75 Å². The van der Waals surface area contributed by atoms with Crippen molar-refractivity contribution in [2.24, 2.45) is 11.8 Å². The summed E-state index contributed by atoms with van der Waals surface area (Å²) >= 11 is 0. The number of aryl methyl sites for hydroxylation is 1. The second kappa shape index (κ2) is 11.2. The Bertz CT molecular complexity index is 739. The van der Waals surface area contributed by atoms with Crippen molar-refractivity contribution in [3.05, 3.63) is 65.7 Å². The molecule has 1 saturated heterocycles. The van der Waals surface area contributed by atoms with Crippen LogP contribution in [-0.4, -0.2) is 30.4 Å². The summed E-state index contributed by atoms with van der Waals surface area (Å²) < 4.78 is 5.78. The number of Topliss-reactive ketones (excluding diaryl/α,β-unsaturated/α-hetero) is 1. The van der Waals surface area contributed by atoms with Crippen LogP contribution in [0.2, 0.25) is 0 Å². The fourth-order valence-corrected chi connectivity index (χ4v) is 4.03. The third-order valence-corrected chi connectivity index (χ3v) is 5.57. The second-order valence-electron chi connectivity index (χ2n) is 8.82. The molecule has 0 aliphatic carbocycles. The first-order chi connectivity index (χ1) is 14.1. The Morgan fingerprint density at radius 1 is 1.07 bits per heavy atom. The topological polar surface area (TPSA) is 29.5 Å². The van der Waals surface area contributed by atoms with Crippen molar-refractivity contribution in [3.63, 3.8) is 0 Å².